The molecule has 31 heavy (non-hydrogen) atoms. The van der Waals surface area contributed by atoms with Gasteiger partial charge in [-0.05, 0) is 89.1 Å². The summed E-state index contributed by atoms with van der Waals surface area (Å²) in [5.74, 6) is 1.96. The Morgan fingerprint density at radius 1 is 0.903 bits per heavy atom. The Bertz CT molecular complexity index is 991. The van der Waals surface area contributed by atoms with Gasteiger partial charge >= 0.3 is 0 Å². The first-order valence-corrected chi connectivity index (χ1v) is 10.7. The third-order valence-electron chi connectivity index (χ3n) is 4.39. The maximum atomic E-state index is 12.1. The molecule has 0 aliphatic rings. The molecular formula is C24H25BrN2O4. The number of benzene rings is 3. The van der Waals surface area contributed by atoms with Crippen LogP contribution in [0.2, 0.25) is 0 Å². The Kier molecular flexibility index (Phi) is 8.18. The van der Waals surface area contributed by atoms with Crippen LogP contribution in [-0.4, -0.2) is 26.2 Å². The van der Waals surface area contributed by atoms with Crippen molar-refractivity contribution in [3.05, 3.63) is 76.8 Å². The summed E-state index contributed by atoms with van der Waals surface area (Å²) in [5.41, 5.74) is 2.77. The average molecular weight is 485 g/mol. The van der Waals surface area contributed by atoms with Crippen molar-refractivity contribution in [2.24, 2.45) is 0 Å². The molecule has 6 nitrogen and oxygen atoms in total. The largest absolute Gasteiger partial charge is 0.497 e. The SMILES string of the molecule is CCOc1ccc(NCc2ccc(OCC(=O)Nc3ccc(OC)cc3)c(Br)c2)cc1. The molecule has 0 heterocycles. The van der Waals surface area contributed by atoms with E-state index in [-0.39, 0.29) is 12.5 Å². The van der Waals surface area contributed by atoms with Gasteiger partial charge in [0.1, 0.15) is 17.2 Å². The minimum absolute atomic E-state index is 0.0889. The van der Waals surface area contributed by atoms with Gasteiger partial charge in [-0.15, -0.1) is 0 Å². The Morgan fingerprint density at radius 3 is 2.23 bits per heavy atom. The maximum Gasteiger partial charge on any atom is 0.262 e. The third-order valence-corrected chi connectivity index (χ3v) is 5.01. The lowest BCUT2D eigenvalue weighted by Gasteiger charge is -2.12. The zero-order valence-corrected chi connectivity index (χ0v) is 19.1. The lowest BCUT2D eigenvalue weighted by Crippen LogP contribution is -2.20. The number of carbonyl (C=O) groups is 1. The van der Waals surface area contributed by atoms with E-state index in [1.54, 1.807) is 31.4 Å². The Morgan fingerprint density at radius 2 is 1.58 bits per heavy atom. The van der Waals surface area contributed by atoms with Gasteiger partial charge in [0.25, 0.3) is 5.91 Å². The van der Waals surface area contributed by atoms with Crippen molar-refractivity contribution in [3.63, 3.8) is 0 Å². The molecular weight excluding hydrogens is 460 g/mol. The highest BCUT2D eigenvalue weighted by Gasteiger charge is 2.08. The number of nitrogens with one attached hydrogen (secondary N) is 2. The first-order chi connectivity index (χ1) is 15.1. The molecule has 0 saturated heterocycles. The van der Waals surface area contributed by atoms with E-state index < -0.39 is 0 Å². The summed E-state index contributed by atoms with van der Waals surface area (Å²) in [6.07, 6.45) is 0. The van der Waals surface area contributed by atoms with E-state index in [0.717, 1.165) is 27.2 Å². The van der Waals surface area contributed by atoms with Crippen LogP contribution in [0.4, 0.5) is 11.4 Å². The molecule has 3 aromatic rings. The van der Waals surface area contributed by atoms with Crippen LogP contribution in [0.3, 0.4) is 0 Å². The molecule has 3 rings (SSSR count). The van der Waals surface area contributed by atoms with Crippen LogP contribution >= 0.6 is 15.9 Å². The minimum atomic E-state index is -0.238. The number of anilines is 2. The molecule has 0 atom stereocenters. The number of amides is 1. The summed E-state index contributed by atoms with van der Waals surface area (Å²) in [6, 6.07) is 20.8. The van der Waals surface area contributed by atoms with Crippen LogP contribution < -0.4 is 24.8 Å². The van der Waals surface area contributed by atoms with E-state index in [9.17, 15) is 4.79 Å². The number of halogens is 1. The molecule has 7 heteroatoms. The van der Waals surface area contributed by atoms with Gasteiger partial charge in [-0.1, -0.05) is 6.07 Å². The molecule has 162 valence electrons. The molecule has 0 spiro atoms. The smallest absolute Gasteiger partial charge is 0.262 e. The number of hydrogen-bond donors (Lipinski definition) is 2. The van der Waals surface area contributed by atoms with Crippen LogP contribution in [-0.2, 0) is 11.3 Å². The van der Waals surface area contributed by atoms with Gasteiger partial charge in [0.05, 0.1) is 18.2 Å². The number of hydrogen-bond acceptors (Lipinski definition) is 5. The Hall–Kier alpha value is -3.19. The first kappa shape index (κ1) is 22.5. The molecule has 1 amide bonds. The summed E-state index contributed by atoms with van der Waals surface area (Å²) >= 11 is 3.52. The van der Waals surface area contributed by atoms with Crippen LogP contribution in [0.5, 0.6) is 17.2 Å². The predicted molar refractivity (Wildman–Crippen MR) is 126 cm³/mol. The lowest BCUT2D eigenvalue weighted by atomic mass is 10.2. The van der Waals surface area contributed by atoms with Crippen molar-refractivity contribution in [3.8, 4) is 17.2 Å². The summed E-state index contributed by atoms with van der Waals surface area (Å²) in [6.45, 7) is 3.18. The fourth-order valence-electron chi connectivity index (χ4n) is 2.83. The highest BCUT2D eigenvalue weighted by molar-refractivity contribution is 9.10. The van der Waals surface area contributed by atoms with Crippen molar-refractivity contribution in [2.45, 2.75) is 13.5 Å². The van der Waals surface area contributed by atoms with Gasteiger partial charge in [0.15, 0.2) is 6.61 Å². The van der Waals surface area contributed by atoms with Gasteiger partial charge in [-0.2, -0.15) is 0 Å². The zero-order valence-electron chi connectivity index (χ0n) is 17.5. The fourth-order valence-corrected chi connectivity index (χ4v) is 3.37. The zero-order chi connectivity index (χ0) is 22.1. The number of methoxy groups -OCH3 is 1. The molecule has 0 radical (unpaired) electrons. The number of rotatable bonds is 10. The summed E-state index contributed by atoms with van der Waals surface area (Å²) in [4.78, 5) is 12.1. The molecule has 0 aliphatic carbocycles. The number of carbonyl (C=O) groups excluding carboxylic acids is 1. The van der Waals surface area contributed by atoms with E-state index in [1.807, 2.05) is 49.4 Å². The van der Waals surface area contributed by atoms with Crippen LogP contribution in [0.1, 0.15) is 12.5 Å². The van der Waals surface area contributed by atoms with E-state index >= 15 is 0 Å². The van der Waals surface area contributed by atoms with Crippen molar-refractivity contribution in [1.29, 1.82) is 0 Å². The lowest BCUT2D eigenvalue weighted by molar-refractivity contribution is -0.118. The topological polar surface area (TPSA) is 68.8 Å². The second-order valence-electron chi connectivity index (χ2n) is 6.64. The van der Waals surface area contributed by atoms with Gasteiger partial charge in [0, 0.05) is 17.9 Å². The molecule has 0 aliphatic heterocycles. The van der Waals surface area contributed by atoms with Crippen LogP contribution in [0, 0.1) is 0 Å². The van der Waals surface area contributed by atoms with Crippen LogP contribution in [0.25, 0.3) is 0 Å². The third kappa shape index (κ3) is 6.93. The highest BCUT2D eigenvalue weighted by atomic mass is 79.9. The quantitative estimate of drug-likeness (QED) is 0.398. The second kappa shape index (κ2) is 11.3. The molecule has 0 bridgehead atoms. The molecule has 3 aromatic carbocycles. The van der Waals surface area contributed by atoms with E-state index in [2.05, 4.69) is 26.6 Å². The van der Waals surface area contributed by atoms with E-state index in [4.69, 9.17) is 14.2 Å². The predicted octanol–water partition coefficient (Wildman–Crippen LogP) is 5.49. The molecule has 2 N–H and O–H groups in total. The molecule has 0 fully saturated rings. The molecule has 0 saturated carbocycles. The van der Waals surface area contributed by atoms with E-state index in [0.29, 0.717) is 24.6 Å². The van der Waals surface area contributed by atoms with Gasteiger partial charge in [0.2, 0.25) is 0 Å². The summed E-state index contributed by atoms with van der Waals surface area (Å²) in [5, 5.41) is 6.16. The fraction of sp³-hybridized carbons (Fsp3) is 0.208. The second-order valence-corrected chi connectivity index (χ2v) is 7.50. The van der Waals surface area contributed by atoms with Crippen molar-refractivity contribution >= 4 is 33.2 Å². The molecule has 0 aromatic heterocycles. The van der Waals surface area contributed by atoms with Crippen molar-refractivity contribution in [1.82, 2.24) is 0 Å². The summed E-state index contributed by atoms with van der Waals surface area (Å²) < 4.78 is 17.0. The monoisotopic (exact) mass is 484 g/mol. The Balaban J connectivity index is 1.48. The van der Waals surface area contributed by atoms with Crippen molar-refractivity contribution in [2.75, 3.05) is 31.0 Å². The van der Waals surface area contributed by atoms with Crippen LogP contribution in [0.15, 0.2) is 71.2 Å². The van der Waals surface area contributed by atoms with E-state index in [1.165, 1.54) is 0 Å². The standard InChI is InChI=1S/C24H25BrN2O4/c1-3-30-21-11-5-18(6-12-21)26-15-17-4-13-23(22(25)14-17)31-16-24(28)27-19-7-9-20(29-2)10-8-19/h4-14,26H,3,15-16H2,1-2H3,(H,27,28). The normalized spacial score (nSPS) is 10.3. The van der Waals surface area contributed by atoms with Gasteiger partial charge in [-0.25, -0.2) is 0 Å². The Labute approximate surface area is 190 Å². The van der Waals surface area contributed by atoms with Crippen molar-refractivity contribution < 1.29 is 19.0 Å². The van der Waals surface area contributed by atoms with Gasteiger partial charge in [-0.3, -0.25) is 4.79 Å². The minimum Gasteiger partial charge on any atom is -0.497 e. The maximum absolute atomic E-state index is 12.1. The first-order valence-electron chi connectivity index (χ1n) is 9.89. The average Bonchev–Trinajstić information content (AvgIpc) is 2.79. The molecule has 0 unspecified atom stereocenters. The summed E-state index contributed by atoms with van der Waals surface area (Å²) in [7, 11) is 1.60. The van der Waals surface area contributed by atoms with Gasteiger partial charge < -0.3 is 24.8 Å². The highest BCUT2D eigenvalue weighted by Crippen LogP contribution is 2.27. The number of ether oxygens (including phenoxy) is 3.